The van der Waals surface area contributed by atoms with Gasteiger partial charge in [0.15, 0.2) is 44.0 Å². The van der Waals surface area contributed by atoms with Crippen LogP contribution in [0.15, 0.2) is 66.9 Å². The molecule has 0 unspecified atom stereocenters. The summed E-state index contributed by atoms with van der Waals surface area (Å²) in [6.07, 6.45) is -68.6. The van der Waals surface area contributed by atoms with Crippen molar-refractivity contribution in [3.05, 3.63) is 72.6 Å². The van der Waals surface area contributed by atoms with Crippen molar-refractivity contribution in [3.63, 3.8) is 0 Å². The molecule has 21 saturated heterocycles. The number of ether oxygens (including phenoxy) is 14. The van der Waals surface area contributed by atoms with Gasteiger partial charge in [0, 0.05) is 12.4 Å². The number of rotatable bonds is 12. The second-order valence-corrected chi connectivity index (χ2v) is 26.4. The second kappa shape index (κ2) is 31.7. The lowest BCUT2D eigenvalue weighted by molar-refractivity contribution is -0.396. The monoisotopic (exact) mass is 1380 g/mol. The summed E-state index contributed by atoms with van der Waals surface area (Å²) in [6, 6.07) is 19.3. The molecular weight excluding hydrogens is 1300 g/mol. The lowest BCUT2D eigenvalue weighted by atomic mass is 9.95. The first-order valence-corrected chi connectivity index (χ1v) is 32.3. The van der Waals surface area contributed by atoms with E-state index in [1.54, 1.807) is 6.20 Å². The minimum absolute atomic E-state index is 0.370. The summed E-state index contributed by atoms with van der Waals surface area (Å²) in [5.74, 6) is 0. The van der Waals surface area contributed by atoms with Crippen LogP contribution in [-0.4, -0.2) is 372 Å². The van der Waals surface area contributed by atoms with Gasteiger partial charge in [-0.15, -0.1) is 5.10 Å². The smallest absolute Gasteiger partial charge is 0.187 e. The summed E-state index contributed by atoms with van der Waals surface area (Å²) < 4.78 is 83.6. The van der Waals surface area contributed by atoms with E-state index in [2.05, 4.69) is 10.3 Å². The van der Waals surface area contributed by atoms with Crippen molar-refractivity contribution in [2.45, 2.75) is 228 Å². The molecule has 1 aromatic heterocycles. The number of aliphatic hydroxyl groups excluding tert-OH is 20. The van der Waals surface area contributed by atoms with Gasteiger partial charge in [-0.25, -0.2) is 4.68 Å². The summed E-state index contributed by atoms with van der Waals surface area (Å²) >= 11 is 0. The lowest BCUT2D eigenvalue weighted by Gasteiger charge is -2.50. The van der Waals surface area contributed by atoms with Crippen molar-refractivity contribution >= 4 is 18.5 Å². The molecule has 534 valence electrons. The van der Waals surface area contributed by atoms with Crippen molar-refractivity contribution in [3.8, 4) is 0 Å². The van der Waals surface area contributed by atoms with Crippen LogP contribution in [-0.2, 0) is 79.0 Å². The SMILES string of the molecule is OC[C@H]1O[C@@H]2O[C@H]3[C@H](O)[C@@H](O)[C@@H](O[C@H]4[C@H](O)[C@@H](O)[C@@H](O[C@H]5[C@H](O)[C@@H](O)[C@@H](O[C@H]6[C@H](O)[C@@H](O)[C@@H](O[C@H]7[C@H](O)[C@@H](O)[C@@H](O[C@H]8[C@H](O)[C@@H](O)[C@@H](O[C@H]1[C@H](O)[C@H]2O)O[C@@H]8CO)O[C@@H]7CO)O[C@@H]6CO)O[C@@H]5Cn1cc(CP(c2ccccc2)c2ccccc2)nn1)O[C@@H]4CO)O[C@@H]3CO. The van der Waals surface area contributed by atoms with Crippen molar-refractivity contribution in [2.75, 3.05) is 39.6 Å². The van der Waals surface area contributed by atoms with E-state index in [1.807, 2.05) is 60.7 Å². The van der Waals surface area contributed by atoms with Gasteiger partial charge in [-0.05, 0) is 18.5 Å². The Labute approximate surface area is 540 Å². The van der Waals surface area contributed by atoms with E-state index < -0.39 is 269 Å². The highest BCUT2D eigenvalue weighted by Gasteiger charge is 2.60. The van der Waals surface area contributed by atoms with Crippen LogP contribution in [0.5, 0.6) is 0 Å². The molecule has 37 nitrogen and oxygen atoms in total. The predicted octanol–water partition coefficient (Wildman–Crippen LogP) is -12.3. The van der Waals surface area contributed by atoms with Gasteiger partial charge < -0.3 is 168 Å². The van der Waals surface area contributed by atoms with E-state index in [9.17, 15) is 102 Å². The fraction of sp³-hybridized carbons (Fsp3) is 0.754. The molecule has 95 heavy (non-hydrogen) atoms. The molecule has 0 amide bonds. The quantitative estimate of drug-likeness (QED) is 0.0749. The van der Waals surface area contributed by atoms with Crippen LogP contribution in [0.1, 0.15) is 5.69 Å². The van der Waals surface area contributed by atoms with Crippen molar-refractivity contribution < 1.29 is 168 Å². The zero-order valence-corrected chi connectivity index (χ0v) is 51.1. The number of aliphatic hydroxyl groups is 20. The van der Waals surface area contributed by atoms with Gasteiger partial charge in [-0.1, -0.05) is 65.9 Å². The fourth-order valence-electron chi connectivity index (χ4n) is 12.8. The molecule has 22 heterocycles. The fourth-order valence-corrected chi connectivity index (χ4v) is 15.0. The molecular formula is C57H82N3O34P. The Hall–Kier alpha value is -3.35. The van der Waals surface area contributed by atoms with Crippen LogP contribution in [0.25, 0.3) is 0 Å². The third-order valence-electron chi connectivity index (χ3n) is 18.0. The Bertz CT molecular complexity index is 2800. The highest BCUT2D eigenvalue weighted by atomic mass is 31.1. The molecule has 20 N–H and O–H groups in total. The molecule has 14 bridgehead atoms. The van der Waals surface area contributed by atoms with Crippen LogP contribution < -0.4 is 10.6 Å². The van der Waals surface area contributed by atoms with Gasteiger partial charge in [0.25, 0.3) is 0 Å². The summed E-state index contributed by atoms with van der Waals surface area (Å²) in [7, 11) is -1.07. The van der Waals surface area contributed by atoms with Gasteiger partial charge in [0.2, 0.25) is 0 Å². The first kappa shape index (κ1) is 72.9. The van der Waals surface area contributed by atoms with Gasteiger partial charge in [0.1, 0.15) is 171 Å². The normalized spacial score (nSPS) is 47.1. The highest BCUT2D eigenvalue weighted by molar-refractivity contribution is 7.72. The minimum Gasteiger partial charge on any atom is -0.394 e. The molecule has 0 radical (unpaired) electrons. The van der Waals surface area contributed by atoms with Crippen molar-refractivity contribution in [2.24, 2.45) is 0 Å². The standard InChI is InChI=1S/C57H82N3O34P/c61-13-24-45-32(69)39(76)53(83-24)91-47-26(15-63)85-55(41(78)34(47)71)93-49-28(17-65)87-57(43(80)36(49)73)94-50-29(18-66)86-56(42(79)35(50)72)92-48-27(16-64)84-54(40(77)33(48)70)90-46-25(14-62)82-52(38(75)31(46)68)88-44-23(81-51(89-45)37(74)30(44)67)12-60-11-20(58-59-60)19-95(21-7-3-1-4-8-21)22-9-5-2-6-10-22/h1-11,23-57,61-80H,12-19H2/t23-,24-,25-,26-,27-,28-,29-,30-,31-,32-,33-,34-,35-,36-,37-,38-,39-,40-,41-,42-,43-,44-,45-,46-,47-,48-,49-,50-,51-,52-,53-,54-,55-,56-,57-/m1/s1. The van der Waals surface area contributed by atoms with E-state index >= 15 is 0 Å². The molecule has 3 aromatic rings. The van der Waals surface area contributed by atoms with Crippen LogP contribution in [0.3, 0.4) is 0 Å². The van der Waals surface area contributed by atoms with Crippen LogP contribution in [0.4, 0.5) is 0 Å². The Balaban J connectivity index is 0.896. The topological polar surface area (TPSA) is 565 Å². The zero-order chi connectivity index (χ0) is 67.8. The first-order valence-electron chi connectivity index (χ1n) is 30.7. The van der Waals surface area contributed by atoms with E-state index in [1.165, 1.54) is 4.68 Å². The Kier molecular flexibility index (Phi) is 24.3. The first-order chi connectivity index (χ1) is 45.6. The van der Waals surface area contributed by atoms with Crippen molar-refractivity contribution in [1.29, 1.82) is 0 Å². The van der Waals surface area contributed by atoms with Crippen LogP contribution in [0, 0.1) is 0 Å². The molecule has 38 heteroatoms. The predicted molar refractivity (Wildman–Crippen MR) is 304 cm³/mol. The molecule has 2 aromatic carbocycles. The Morgan fingerprint density at radius 1 is 0.295 bits per heavy atom. The van der Waals surface area contributed by atoms with Gasteiger partial charge in [-0.2, -0.15) is 0 Å². The van der Waals surface area contributed by atoms with Gasteiger partial charge >= 0.3 is 0 Å². The summed E-state index contributed by atoms with van der Waals surface area (Å²) in [4.78, 5) is 0. The third-order valence-corrected chi connectivity index (χ3v) is 20.5. The van der Waals surface area contributed by atoms with Crippen LogP contribution in [0.2, 0.25) is 0 Å². The largest absolute Gasteiger partial charge is 0.394 e. The Morgan fingerprint density at radius 3 is 0.747 bits per heavy atom. The molecule has 35 atom stereocenters. The second-order valence-electron chi connectivity index (χ2n) is 24.2. The van der Waals surface area contributed by atoms with Crippen LogP contribution >= 0.6 is 7.92 Å². The zero-order valence-electron chi connectivity index (χ0n) is 50.2. The maximum Gasteiger partial charge on any atom is 0.187 e. The van der Waals surface area contributed by atoms with E-state index in [0.29, 0.717) is 11.9 Å². The number of hydrogen-bond donors (Lipinski definition) is 20. The molecule has 21 fully saturated rings. The summed E-state index contributed by atoms with van der Waals surface area (Å²) in [6.45, 7) is -6.74. The molecule has 0 saturated carbocycles. The number of benzene rings is 2. The van der Waals surface area contributed by atoms with E-state index in [4.69, 9.17) is 66.3 Å². The molecule has 24 rings (SSSR count). The van der Waals surface area contributed by atoms with Gasteiger partial charge in [0.05, 0.1) is 51.9 Å². The maximum atomic E-state index is 12.1. The molecule has 0 aliphatic carbocycles. The van der Waals surface area contributed by atoms with Gasteiger partial charge in [-0.3, -0.25) is 0 Å². The molecule has 0 spiro atoms. The highest BCUT2D eigenvalue weighted by Crippen LogP contribution is 2.41. The average Bonchev–Trinajstić information content (AvgIpc) is 0.847. The van der Waals surface area contributed by atoms with E-state index in [-0.39, 0.29) is 0 Å². The summed E-state index contributed by atoms with van der Waals surface area (Å²) in [5, 5.41) is 237. The number of aromatic nitrogens is 3. The minimum atomic E-state index is -2.23. The number of nitrogens with zero attached hydrogens (tertiary/aromatic N) is 3. The van der Waals surface area contributed by atoms with Crippen molar-refractivity contribution in [1.82, 2.24) is 15.0 Å². The molecule has 21 aliphatic rings. The third kappa shape index (κ3) is 15.0. The van der Waals surface area contributed by atoms with E-state index in [0.717, 1.165) is 10.6 Å². The number of hydrogen-bond acceptors (Lipinski definition) is 36. The Morgan fingerprint density at radius 2 is 0.516 bits per heavy atom. The average molecular weight is 1380 g/mol. The summed E-state index contributed by atoms with van der Waals surface area (Å²) in [5.41, 5.74) is 0.481. The molecule has 21 aliphatic heterocycles. The maximum absolute atomic E-state index is 12.1. The lowest BCUT2D eigenvalue weighted by Crippen LogP contribution is -2.68.